The van der Waals surface area contributed by atoms with E-state index in [1.165, 1.54) is 12.1 Å². The highest BCUT2D eigenvalue weighted by atomic mass is 127. The van der Waals surface area contributed by atoms with Crippen molar-refractivity contribution in [1.29, 1.82) is 0 Å². The van der Waals surface area contributed by atoms with E-state index in [4.69, 9.17) is 5.53 Å². The summed E-state index contributed by atoms with van der Waals surface area (Å²) in [7, 11) is 0. The molecule has 0 atom stereocenters. The fraction of sp³-hybridized carbons (Fsp3) is 0. The van der Waals surface area contributed by atoms with Crippen molar-refractivity contribution < 1.29 is 4.92 Å². The van der Waals surface area contributed by atoms with Gasteiger partial charge in [0.25, 0.3) is 5.69 Å². The molecule has 0 spiro atoms. The molecular weight excluding hydrogens is 414 g/mol. The number of nitrogens with zero attached hydrogens (tertiary/aromatic N) is 4. The van der Waals surface area contributed by atoms with Crippen LogP contribution in [0.15, 0.2) is 17.2 Å². The van der Waals surface area contributed by atoms with Crippen LogP contribution in [-0.2, 0) is 0 Å². The summed E-state index contributed by atoms with van der Waals surface area (Å²) in [6.07, 6.45) is 0. The summed E-state index contributed by atoms with van der Waals surface area (Å²) < 4.78 is 1.08. The lowest BCUT2D eigenvalue weighted by Crippen LogP contribution is -1.93. The molecule has 0 heterocycles. The van der Waals surface area contributed by atoms with Crippen molar-refractivity contribution in [2.24, 2.45) is 5.11 Å². The van der Waals surface area contributed by atoms with E-state index in [0.717, 1.165) is 0 Å². The van der Waals surface area contributed by atoms with Crippen molar-refractivity contribution in [1.82, 2.24) is 0 Å². The maximum absolute atomic E-state index is 10.5. The van der Waals surface area contributed by atoms with Crippen LogP contribution in [-0.4, -0.2) is 4.92 Å². The summed E-state index contributed by atoms with van der Waals surface area (Å²) in [5.74, 6) is 0. The molecule has 0 unspecified atom stereocenters. The fourth-order valence-electron chi connectivity index (χ4n) is 0.795. The van der Waals surface area contributed by atoms with Gasteiger partial charge in [0.15, 0.2) is 0 Å². The molecule has 1 rings (SSSR count). The highest BCUT2D eigenvalue weighted by Crippen LogP contribution is 2.32. The molecule has 0 radical (unpaired) electrons. The quantitative estimate of drug-likeness (QED) is 0.184. The van der Waals surface area contributed by atoms with Crippen molar-refractivity contribution in [3.63, 3.8) is 0 Å². The van der Waals surface area contributed by atoms with Gasteiger partial charge in [0.05, 0.1) is 10.6 Å². The maximum atomic E-state index is 10.5. The molecule has 6 nitrogen and oxygen atoms in total. The summed E-state index contributed by atoms with van der Waals surface area (Å²) in [6, 6.07) is 2.76. The Hall–Kier alpha value is -0.610. The number of nitro benzene ring substituents is 1. The Balaban J connectivity index is 3.40. The smallest absolute Gasteiger partial charge is 0.258 e. The lowest BCUT2D eigenvalue weighted by Gasteiger charge is -2.00. The molecule has 0 saturated heterocycles. The Bertz CT molecular complexity index is 415. The first-order chi connectivity index (χ1) is 6.57. The minimum absolute atomic E-state index is 0.0203. The molecule has 0 amide bonds. The first-order valence-corrected chi connectivity index (χ1v) is 5.41. The van der Waals surface area contributed by atoms with E-state index >= 15 is 0 Å². The second-order valence-electron chi connectivity index (χ2n) is 2.18. The predicted molar refractivity (Wildman–Crippen MR) is 67.3 cm³/mol. The maximum Gasteiger partial charge on any atom is 0.283 e. The van der Waals surface area contributed by atoms with Crippen molar-refractivity contribution in [3.05, 3.63) is 39.8 Å². The first-order valence-electron chi connectivity index (χ1n) is 3.25. The van der Waals surface area contributed by atoms with Crippen molar-refractivity contribution in [2.45, 2.75) is 0 Å². The second kappa shape index (κ2) is 4.75. The van der Waals surface area contributed by atoms with Crippen molar-refractivity contribution >= 4 is 56.6 Å². The lowest BCUT2D eigenvalue weighted by atomic mass is 10.3. The Morgan fingerprint density at radius 2 is 2.07 bits per heavy atom. The number of hydrogen-bond acceptors (Lipinski definition) is 3. The van der Waals surface area contributed by atoms with Crippen LogP contribution in [0.5, 0.6) is 0 Å². The highest BCUT2D eigenvalue weighted by Gasteiger charge is 2.16. The first kappa shape index (κ1) is 11.5. The number of hydrogen-bond donors (Lipinski definition) is 0. The summed E-state index contributed by atoms with van der Waals surface area (Å²) in [5, 5.41) is 14.0. The normalized spacial score (nSPS) is 9.29. The molecule has 0 aliphatic heterocycles. The van der Waals surface area contributed by atoms with Gasteiger partial charge in [-0.05, 0) is 56.8 Å². The Labute approximate surface area is 106 Å². The molecule has 0 N–H and O–H groups in total. The van der Waals surface area contributed by atoms with Crippen LogP contribution in [0.25, 0.3) is 10.4 Å². The summed E-state index contributed by atoms with van der Waals surface area (Å²) in [6.45, 7) is 0. The van der Waals surface area contributed by atoms with E-state index in [-0.39, 0.29) is 5.69 Å². The molecule has 1 aromatic rings. The van der Waals surface area contributed by atoms with E-state index in [0.29, 0.717) is 12.8 Å². The molecule has 72 valence electrons. The van der Waals surface area contributed by atoms with Crippen LogP contribution in [0.4, 0.5) is 11.4 Å². The zero-order valence-electron chi connectivity index (χ0n) is 6.52. The molecule has 0 bridgehead atoms. The van der Waals surface area contributed by atoms with E-state index in [1.807, 2.05) is 45.2 Å². The molecule has 1 aromatic carbocycles. The third-order valence-corrected chi connectivity index (χ3v) is 4.61. The Morgan fingerprint density at radius 3 is 2.57 bits per heavy atom. The largest absolute Gasteiger partial charge is 0.283 e. The topological polar surface area (TPSA) is 91.9 Å². The van der Waals surface area contributed by atoms with Gasteiger partial charge in [-0.1, -0.05) is 5.11 Å². The van der Waals surface area contributed by atoms with Gasteiger partial charge in [-0.25, -0.2) is 0 Å². The SMILES string of the molecule is [N-]=[N+]=Nc1ccc([N+](=O)[O-])c(I)c1I. The van der Waals surface area contributed by atoms with E-state index < -0.39 is 4.92 Å². The van der Waals surface area contributed by atoms with Gasteiger partial charge in [0, 0.05) is 14.5 Å². The van der Waals surface area contributed by atoms with Crippen LogP contribution >= 0.6 is 45.2 Å². The average Bonchev–Trinajstić information content (AvgIpc) is 2.13. The molecule has 14 heavy (non-hydrogen) atoms. The molecule has 0 saturated carbocycles. The molecule has 0 fully saturated rings. The Kier molecular flexibility index (Phi) is 3.89. The van der Waals surface area contributed by atoms with Gasteiger partial charge < -0.3 is 0 Å². The van der Waals surface area contributed by atoms with Crippen molar-refractivity contribution in [2.75, 3.05) is 0 Å². The third-order valence-electron chi connectivity index (χ3n) is 1.39. The van der Waals surface area contributed by atoms with Crippen LogP contribution in [0.1, 0.15) is 0 Å². The number of rotatable bonds is 2. The summed E-state index contributed by atoms with van der Waals surface area (Å²) in [5.41, 5.74) is 8.66. The lowest BCUT2D eigenvalue weighted by molar-refractivity contribution is -0.385. The number of benzene rings is 1. The second-order valence-corrected chi connectivity index (χ2v) is 4.34. The zero-order valence-corrected chi connectivity index (χ0v) is 10.8. The van der Waals surface area contributed by atoms with Gasteiger partial charge in [-0.2, -0.15) is 0 Å². The highest BCUT2D eigenvalue weighted by molar-refractivity contribution is 14.1. The minimum Gasteiger partial charge on any atom is -0.258 e. The summed E-state index contributed by atoms with van der Waals surface area (Å²) in [4.78, 5) is 12.7. The molecule has 0 aliphatic carbocycles. The van der Waals surface area contributed by atoms with Gasteiger partial charge in [-0.15, -0.1) is 0 Å². The van der Waals surface area contributed by atoms with Gasteiger partial charge in [0.1, 0.15) is 3.57 Å². The molecular formula is C6H2I2N4O2. The fourth-order valence-corrected chi connectivity index (χ4v) is 2.01. The predicted octanol–water partition coefficient (Wildman–Crippen LogP) is 3.75. The molecule has 0 aliphatic rings. The van der Waals surface area contributed by atoms with E-state index in [1.54, 1.807) is 0 Å². The zero-order chi connectivity index (χ0) is 10.7. The van der Waals surface area contributed by atoms with Crippen LogP contribution in [0.3, 0.4) is 0 Å². The van der Waals surface area contributed by atoms with Gasteiger partial charge in [-0.3, -0.25) is 10.1 Å². The minimum atomic E-state index is -0.468. The monoisotopic (exact) mass is 416 g/mol. The van der Waals surface area contributed by atoms with E-state index in [2.05, 4.69) is 10.0 Å². The summed E-state index contributed by atoms with van der Waals surface area (Å²) >= 11 is 3.76. The average molecular weight is 416 g/mol. The molecule has 0 aromatic heterocycles. The number of nitro groups is 1. The molecule has 8 heteroatoms. The van der Waals surface area contributed by atoms with E-state index in [9.17, 15) is 10.1 Å². The number of azide groups is 1. The van der Waals surface area contributed by atoms with Gasteiger partial charge in [0.2, 0.25) is 0 Å². The third kappa shape index (κ3) is 2.25. The van der Waals surface area contributed by atoms with Crippen LogP contribution < -0.4 is 0 Å². The Morgan fingerprint density at radius 1 is 1.43 bits per heavy atom. The van der Waals surface area contributed by atoms with Gasteiger partial charge >= 0.3 is 0 Å². The van der Waals surface area contributed by atoms with Crippen LogP contribution in [0, 0.1) is 17.3 Å². The number of halogens is 2. The standard InChI is InChI=1S/C6H2I2N4O2/c7-5-3(10-11-9)1-2-4(6(5)8)12(13)14/h1-2H. The van der Waals surface area contributed by atoms with Crippen LogP contribution in [0.2, 0.25) is 0 Å². The van der Waals surface area contributed by atoms with Crippen molar-refractivity contribution in [3.8, 4) is 0 Å².